The molecule has 1 N–H and O–H groups in total. The third-order valence-electron chi connectivity index (χ3n) is 3.11. The highest BCUT2D eigenvalue weighted by atomic mass is 16.4. The third kappa shape index (κ3) is 3.79. The predicted molar refractivity (Wildman–Crippen MR) is 90.9 cm³/mol. The van der Waals surface area contributed by atoms with Crippen molar-refractivity contribution in [2.75, 3.05) is 5.43 Å². The van der Waals surface area contributed by atoms with Crippen molar-refractivity contribution < 1.29 is 4.42 Å². The molecule has 2 aromatic carbocycles. The molecule has 116 valence electrons. The summed E-state index contributed by atoms with van der Waals surface area (Å²) >= 11 is 0. The molecular weight excluding hydrogens is 290 g/mol. The molecule has 0 fully saturated rings. The van der Waals surface area contributed by atoms with Crippen molar-refractivity contribution in [2.45, 2.75) is 13.8 Å². The van der Waals surface area contributed by atoms with Crippen LogP contribution in [0.3, 0.4) is 0 Å². The number of hydrazone groups is 1. The van der Waals surface area contributed by atoms with Crippen molar-refractivity contribution >= 4 is 28.6 Å². The normalized spacial score (nSPS) is 12.4. The van der Waals surface area contributed by atoms with Gasteiger partial charge in [-0.3, -0.25) is 5.43 Å². The number of hydrogen-bond donors (Lipinski definition) is 1. The maximum Gasteiger partial charge on any atom is 0.342 e. The van der Waals surface area contributed by atoms with E-state index < -0.39 is 0 Å². The molecule has 0 amide bonds. The van der Waals surface area contributed by atoms with Gasteiger partial charge in [-0.05, 0) is 24.3 Å². The summed E-state index contributed by atoms with van der Waals surface area (Å²) in [5.41, 5.74) is 5.31. The summed E-state index contributed by atoms with van der Waals surface area (Å²) in [7, 11) is 0. The highest BCUT2D eigenvalue weighted by Gasteiger charge is 2.07. The lowest BCUT2D eigenvalue weighted by Crippen LogP contribution is -2.06. The maximum atomic E-state index is 5.51. The zero-order valence-electron chi connectivity index (χ0n) is 13.0. The number of oxazole rings is 1. The fourth-order valence-corrected chi connectivity index (χ4v) is 1.90. The Hall–Kier alpha value is -3.02. The molecule has 1 heterocycles. The minimum atomic E-state index is 0.111. The van der Waals surface area contributed by atoms with Gasteiger partial charge >= 0.3 is 6.01 Å². The van der Waals surface area contributed by atoms with E-state index in [9.17, 15) is 0 Å². The number of aromatic nitrogens is 1. The summed E-state index contributed by atoms with van der Waals surface area (Å²) < 4.78 is 5.51. The zero-order chi connectivity index (χ0) is 16.1. The number of fused-ring (bicyclic) bond motifs is 1. The number of para-hydroxylation sites is 3. The third-order valence-corrected chi connectivity index (χ3v) is 3.11. The van der Waals surface area contributed by atoms with E-state index in [1.807, 2.05) is 68.4 Å². The first-order valence-corrected chi connectivity index (χ1v) is 7.38. The van der Waals surface area contributed by atoms with Gasteiger partial charge in [-0.25, -0.2) is 0 Å². The summed E-state index contributed by atoms with van der Waals surface area (Å²) in [5.74, 6) is 0.676. The van der Waals surface area contributed by atoms with Gasteiger partial charge < -0.3 is 4.42 Å². The van der Waals surface area contributed by atoms with Crippen LogP contribution in [0.15, 0.2) is 74.3 Å². The molecule has 0 aliphatic rings. The van der Waals surface area contributed by atoms with Crippen LogP contribution in [0, 0.1) is 5.92 Å². The molecular formula is C17H17N5O. The predicted octanol–water partition coefficient (Wildman–Crippen LogP) is 4.99. The minimum absolute atomic E-state index is 0.111. The average Bonchev–Trinajstić information content (AvgIpc) is 2.98. The van der Waals surface area contributed by atoms with E-state index in [2.05, 4.69) is 25.7 Å². The van der Waals surface area contributed by atoms with Crippen molar-refractivity contribution in [1.82, 2.24) is 4.98 Å². The number of hydrogen-bond acceptors (Lipinski definition) is 5. The Kier molecular flexibility index (Phi) is 4.42. The van der Waals surface area contributed by atoms with Crippen LogP contribution < -0.4 is 5.43 Å². The van der Waals surface area contributed by atoms with E-state index in [0.29, 0.717) is 11.4 Å². The molecule has 0 atom stereocenters. The van der Waals surface area contributed by atoms with E-state index in [-0.39, 0.29) is 11.9 Å². The quantitative estimate of drug-likeness (QED) is 0.319. The van der Waals surface area contributed by atoms with Crippen LogP contribution in [0.5, 0.6) is 0 Å². The molecule has 0 saturated heterocycles. The second kappa shape index (κ2) is 6.83. The van der Waals surface area contributed by atoms with Crippen molar-refractivity contribution in [2.24, 2.45) is 21.2 Å². The Balaban J connectivity index is 1.78. The molecule has 0 saturated carbocycles. The van der Waals surface area contributed by atoms with Crippen molar-refractivity contribution in [3.63, 3.8) is 0 Å². The lowest BCUT2D eigenvalue weighted by atomic mass is 10.2. The molecule has 0 radical (unpaired) electrons. The molecule has 3 aromatic rings. The summed E-state index contributed by atoms with van der Waals surface area (Å²) in [6.45, 7) is 3.99. The van der Waals surface area contributed by atoms with Crippen LogP contribution in [-0.4, -0.2) is 10.8 Å². The number of azo groups is 1. The molecule has 1 aromatic heterocycles. The van der Waals surface area contributed by atoms with Gasteiger partial charge in [0.2, 0.25) is 0 Å². The van der Waals surface area contributed by atoms with Crippen LogP contribution in [0.25, 0.3) is 11.1 Å². The standard InChI is InChI=1S/C17H17N5O/c1-12(2)16(20-19-13-8-4-3-5-9-13)21-22-17-18-14-10-6-7-11-15(14)23-17/h3-12,19H,1-2H3/b20-16+,22-21?. The molecule has 0 spiro atoms. The van der Waals surface area contributed by atoms with Gasteiger partial charge in [-0.1, -0.05) is 49.3 Å². The van der Waals surface area contributed by atoms with Gasteiger partial charge in [0.05, 0.1) is 5.69 Å². The minimum Gasteiger partial charge on any atom is -0.421 e. The van der Waals surface area contributed by atoms with E-state index >= 15 is 0 Å². The number of amidine groups is 1. The van der Waals surface area contributed by atoms with Gasteiger partial charge in [-0.15, -0.1) is 5.11 Å². The Morgan fingerprint density at radius 1 is 1.04 bits per heavy atom. The van der Waals surface area contributed by atoms with Crippen molar-refractivity contribution in [3.05, 3.63) is 54.6 Å². The summed E-state index contributed by atoms with van der Waals surface area (Å²) in [5, 5.41) is 12.5. The van der Waals surface area contributed by atoms with Gasteiger partial charge in [-0.2, -0.15) is 10.1 Å². The first kappa shape index (κ1) is 14.9. The number of nitrogens with zero attached hydrogens (tertiary/aromatic N) is 4. The summed E-state index contributed by atoms with van der Waals surface area (Å²) in [6.07, 6.45) is 0. The lowest BCUT2D eigenvalue weighted by molar-refractivity contribution is 0.606. The Morgan fingerprint density at radius 3 is 2.52 bits per heavy atom. The van der Waals surface area contributed by atoms with E-state index in [4.69, 9.17) is 4.42 Å². The summed E-state index contributed by atoms with van der Waals surface area (Å²) in [4.78, 5) is 4.26. The molecule has 3 rings (SSSR count). The molecule has 0 aliphatic heterocycles. The number of rotatable bonds is 4. The fourth-order valence-electron chi connectivity index (χ4n) is 1.90. The van der Waals surface area contributed by atoms with Crippen LogP contribution in [0.4, 0.5) is 11.7 Å². The molecule has 6 heteroatoms. The zero-order valence-corrected chi connectivity index (χ0v) is 13.0. The molecule has 6 nitrogen and oxygen atoms in total. The topological polar surface area (TPSA) is 75.1 Å². The highest BCUT2D eigenvalue weighted by molar-refractivity contribution is 5.85. The lowest BCUT2D eigenvalue weighted by Gasteiger charge is -2.04. The molecule has 0 unspecified atom stereocenters. The number of benzene rings is 2. The van der Waals surface area contributed by atoms with Crippen LogP contribution in [0.1, 0.15) is 13.8 Å². The highest BCUT2D eigenvalue weighted by Crippen LogP contribution is 2.21. The van der Waals surface area contributed by atoms with Crippen LogP contribution >= 0.6 is 0 Å². The van der Waals surface area contributed by atoms with Crippen molar-refractivity contribution in [3.8, 4) is 0 Å². The second-order valence-corrected chi connectivity index (χ2v) is 5.27. The Morgan fingerprint density at radius 2 is 1.78 bits per heavy atom. The van der Waals surface area contributed by atoms with Gasteiger partial charge in [0.1, 0.15) is 5.52 Å². The Bertz CT molecular complexity index is 803. The van der Waals surface area contributed by atoms with E-state index in [1.165, 1.54) is 0 Å². The Labute approximate surface area is 134 Å². The van der Waals surface area contributed by atoms with Gasteiger partial charge in [0.15, 0.2) is 11.4 Å². The van der Waals surface area contributed by atoms with Gasteiger partial charge in [0.25, 0.3) is 0 Å². The fraction of sp³-hybridized carbons (Fsp3) is 0.176. The van der Waals surface area contributed by atoms with Gasteiger partial charge in [0, 0.05) is 5.92 Å². The molecule has 0 aliphatic carbocycles. The monoisotopic (exact) mass is 307 g/mol. The maximum absolute atomic E-state index is 5.51. The van der Waals surface area contributed by atoms with E-state index in [0.717, 1.165) is 11.2 Å². The number of nitrogens with one attached hydrogen (secondary N) is 1. The van der Waals surface area contributed by atoms with Crippen LogP contribution in [0.2, 0.25) is 0 Å². The molecule has 0 bridgehead atoms. The SMILES string of the molecule is CC(C)/C(N=Nc1nc2ccccc2o1)=N\Nc1ccccc1. The summed E-state index contributed by atoms with van der Waals surface area (Å²) in [6, 6.07) is 17.4. The molecule has 23 heavy (non-hydrogen) atoms. The average molecular weight is 307 g/mol. The smallest absolute Gasteiger partial charge is 0.342 e. The first-order valence-electron chi connectivity index (χ1n) is 7.38. The largest absolute Gasteiger partial charge is 0.421 e. The number of anilines is 1. The van der Waals surface area contributed by atoms with Crippen molar-refractivity contribution in [1.29, 1.82) is 0 Å². The second-order valence-electron chi connectivity index (χ2n) is 5.27. The first-order chi connectivity index (χ1) is 11.2. The van der Waals surface area contributed by atoms with Crippen LogP contribution in [-0.2, 0) is 0 Å². The van der Waals surface area contributed by atoms with E-state index in [1.54, 1.807) is 0 Å².